The zero-order valence-electron chi connectivity index (χ0n) is 20.5. The topological polar surface area (TPSA) is 38.2 Å². The van der Waals surface area contributed by atoms with E-state index < -0.39 is 0 Å². The number of nitrogens with zero attached hydrogens (tertiary/aromatic N) is 3. The number of anilines is 3. The lowest BCUT2D eigenvalue weighted by molar-refractivity contribution is 0.477. The Labute approximate surface area is 221 Å². The molecule has 0 atom stereocenters. The monoisotopic (exact) mass is 489 g/mol. The van der Waals surface area contributed by atoms with E-state index in [9.17, 15) is 0 Å². The van der Waals surface area contributed by atoms with Crippen molar-refractivity contribution in [1.82, 2.24) is 9.97 Å². The van der Waals surface area contributed by atoms with Crippen molar-refractivity contribution >= 4 is 17.1 Å². The van der Waals surface area contributed by atoms with Crippen LogP contribution in [-0.2, 0) is 0 Å². The minimum absolute atomic E-state index is 0.703. The highest BCUT2D eigenvalue weighted by Crippen LogP contribution is 2.50. The molecule has 7 rings (SSSR count). The van der Waals surface area contributed by atoms with Crippen LogP contribution >= 0.6 is 0 Å². The minimum Gasteiger partial charge on any atom is -0.453 e. The van der Waals surface area contributed by atoms with Crippen LogP contribution in [0.15, 0.2) is 140 Å². The molecule has 1 aliphatic rings. The van der Waals surface area contributed by atoms with Crippen molar-refractivity contribution in [2.24, 2.45) is 0 Å². The van der Waals surface area contributed by atoms with E-state index in [-0.39, 0.29) is 0 Å². The van der Waals surface area contributed by atoms with E-state index in [4.69, 9.17) is 14.7 Å². The molecule has 5 aromatic carbocycles. The molecule has 1 aromatic heterocycles. The van der Waals surface area contributed by atoms with Crippen molar-refractivity contribution in [3.8, 4) is 45.4 Å². The molecule has 0 fully saturated rings. The van der Waals surface area contributed by atoms with E-state index in [0.717, 1.165) is 56.6 Å². The summed E-state index contributed by atoms with van der Waals surface area (Å²) >= 11 is 0. The third kappa shape index (κ3) is 3.98. The average Bonchev–Trinajstić information content (AvgIpc) is 3.00. The number of para-hydroxylation sites is 4. The molecular formula is C34H23N3O. The van der Waals surface area contributed by atoms with E-state index in [0.29, 0.717) is 5.82 Å². The first-order chi connectivity index (χ1) is 18.8. The molecule has 4 heteroatoms. The van der Waals surface area contributed by atoms with Crippen LogP contribution in [0.5, 0.6) is 11.5 Å². The van der Waals surface area contributed by atoms with Crippen LogP contribution in [-0.4, -0.2) is 9.97 Å². The lowest BCUT2D eigenvalue weighted by atomic mass is 10.0. The fourth-order valence-electron chi connectivity index (χ4n) is 4.86. The van der Waals surface area contributed by atoms with Crippen molar-refractivity contribution in [3.05, 3.63) is 140 Å². The van der Waals surface area contributed by atoms with Crippen LogP contribution in [0.4, 0.5) is 17.1 Å². The van der Waals surface area contributed by atoms with Gasteiger partial charge >= 0.3 is 0 Å². The van der Waals surface area contributed by atoms with Gasteiger partial charge in [-0.25, -0.2) is 9.97 Å². The van der Waals surface area contributed by atoms with Gasteiger partial charge in [0, 0.05) is 22.4 Å². The lowest BCUT2D eigenvalue weighted by Gasteiger charge is -2.33. The number of aromatic nitrogens is 2. The molecule has 0 saturated carbocycles. The quantitative estimate of drug-likeness (QED) is 0.247. The standard InChI is InChI=1S/C34H23N3O/c1-3-12-24(13-4-1)28-23-29(36-34(35-28)25-14-5-2-6-15-25)26-16-11-17-27(22-26)37-30-18-7-9-20-32(30)38-33-21-10-8-19-31(33)37/h1-23H. The molecule has 1 aliphatic heterocycles. The van der Waals surface area contributed by atoms with Crippen LogP contribution in [0.25, 0.3) is 33.9 Å². The summed E-state index contributed by atoms with van der Waals surface area (Å²) in [6.07, 6.45) is 0. The first kappa shape index (κ1) is 22.0. The molecule has 38 heavy (non-hydrogen) atoms. The SMILES string of the molecule is c1ccc(-c2cc(-c3cccc(N4c5ccccc5Oc5ccccc54)c3)nc(-c3ccccc3)n2)cc1. The Hall–Kier alpha value is -5.22. The predicted octanol–water partition coefficient (Wildman–Crippen LogP) is 9.05. The second kappa shape index (κ2) is 9.34. The fraction of sp³-hybridized carbons (Fsp3) is 0. The van der Waals surface area contributed by atoms with E-state index in [1.807, 2.05) is 84.9 Å². The molecule has 0 unspecified atom stereocenters. The van der Waals surface area contributed by atoms with Crippen molar-refractivity contribution in [3.63, 3.8) is 0 Å². The molecule has 4 nitrogen and oxygen atoms in total. The molecule has 0 amide bonds. The van der Waals surface area contributed by atoms with Gasteiger partial charge in [-0.05, 0) is 42.5 Å². The first-order valence-electron chi connectivity index (χ1n) is 12.6. The fourth-order valence-corrected chi connectivity index (χ4v) is 4.86. The molecule has 180 valence electrons. The van der Waals surface area contributed by atoms with Gasteiger partial charge in [0.05, 0.1) is 22.8 Å². The highest BCUT2D eigenvalue weighted by molar-refractivity contribution is 5.87. The molecular weight excluding hydrogens is 466 g/mol. The molecule has 0 bridgehead atoms. The predicted molar refractivity (Wildman–Crippen MR) is 153 cm³/mol. The van der Waals surface area contributed by atoms with E-state index in [1.165, 1.54) is 0 Å². The van der Waals surface area contributed by atoms with Crippen molar-refractivity contribution in [2.75, 3.05) is 4.90 Å². The van der Waals surface area contributed by atoms with E-state index in [2.05, 4.69) is 59.5 Å². The number of benzene rings is 5. The summed E-state index contributed by atoms with van der Waals surface area (Å²) in [4.78, 5) is 12.2. The molecule has 0 saturated heterocycles. The van der Waals surface area contributed by atoms with Gasteiger partial charge in [-0.3, -0.25) is 0 Å². The maximum absolute atomic E-state index is 6.21. The summed E-state index contributed by atoms with van der Waals surface area (Å²) in [5, 5.41) is 0. The summed E-state index contributed by atoms with van der Waals surface area (Å²) in [6, 6.07) is 47.2. The smallest absolute Gasteiger partial charge is 0.160 e. The molecule has 2 heterocycles. The number of hydrogen-bond acceptors (Lipinski definition) is 4. The van der Waals surface area contributed by atoms with E-state index >= 15 is 0 Å². The van der Waals surface area contributed by atoms with Gasteiger partial charge in [-0.1, -0.05) is 97.1 Å². The maximum Gasteiger partial charge on any atom is 0.160 e. The molecule has 0 spiro atoms. The van der Waals surface area contributed by atoms with Gasteiger partial charge in [0.25, 0.3) is 0 Å². The summed E-state index contributed by atoms with van der Waals surface area (Å²) in [7, 11) is 0. The summed E-state index contributed by atoms with van der Waals surface area (Å²) < 4.78 is 6.21. The van der Waals surface area contributed by atoms with Crippen LogP contribution in [0.1, 0.15) is 0 Å². The number of hydrogen-bond donors (Lipinski definition) is 0. The largest absolute Gasteiger partial charge is 0.453 e. The zero-order chi connectivity index (χ0) is 25.3. The molecule has 0 N–H and O–H groups in total. The Kier molecular flexibility index (Phi) is 5.41. The van der Waals surface area contributed by atoms with Gasteiger partial charge < -0.3 is 9.64 Å². The average molecular weight is 490 g/mol. The summed E-state index contributed by atoms with van der Waals surface area (Å²) in [5.74, 6) is 2.36. The van der Waals surface area contributed by atoms with Gasteiger partial charge in [-0.15, -0.1) is 0 Å². The van der Waals surface area contributed by atoms with Crippen molar-refractivity contribution in [2.45, 2.75) is 0 Å². The Morgan fingerprint density at radius 3 is 1.63 bits per heavy atom. The Morgan fingerprint density at radius 1 is 0.447 bits per heavy atom. The lowest BCUT2D eigenvalue weighted by Crippen LogP contribution is -2.15. The molecule has 0 radical (unpaired) electrons. The molecule has 6 aromatic rings. The number of fused-ring (bicyclic) bond motifs is 2. The van der Waals surface area contributed by atoms with E-state index in [1.54, 1.807) is 0 Å². The maximum atomic E-state index is 6.21. The zero-order valence-corrected chi connectivity index (χ0v) is 20.5. The van der Waals surface area contributed by atoms with Gasteiger partial charge in [0.1, 0.15) is 0 Å². The normalized spacial score (nSPS) is 11.8. The van der Waals surface area contributed by atoms with Gasteiger partial charge in [0.2, 0.25) is 0 Å². The van der Waals surface area contributed by atoms with Crippen molar-refractivity contribution < 1.29 is 4.74 Å². The third-order valence-corrected chi connectivity index (χ3v) is 6.66. The van der Waals surface area contributed by atoms with Crippen LogP contribution in [0.2, 0.25) is 0 Å². The third-order valence-electron chi connectivity index (χ3n) is 6.66. The van der Waals surface area contributed by atoms with Crippen molar-refractivity contribution in [1.29, 1.82) is 0 Å². The van der Waals surface area contributed by atoms with Gasteiger partial charge in [-0.2, -0.15) is 0 Å². The van der Waals surface area contributed by atoms with Crippen LogP contribution in [0.3, 0.4) is 0 Å². The second-order valence-electron chi connectivity index (χ2n) is 9.12. The highest BCUT2D eigenvalue weighted by atomic mass is 16.5. The molecule has 0 aliphatic carbocycles. The Bertz CT molecular complexity index is 1650. The second-order valence-corrected chi connectivity index (χ2v) is 9.12. The number of ether oxygens (including phenoxy) is 1. The Balaban J connectivity index is 1.39. The number of rotatable bonds is 4. The minimum atomic E-state index is 0.703. The van der Waals surface area contributed by atoms with Crippen LogP contribution in [0, 0.1) is 0 Å². The highest BCUT2D eigenvalue weighted by Gasteiger charge is 2.25. The summed E-state index contributed by atoms with van der Waals surface area (Å²) in [5.41, 5.74) is 7.85. The Morgan fingerprint density at radius 2 is 0.974 bits per heavy atom. The summed E-state index contributed by atoms with van der Waals surface area (Å²) in [6.45, 7) is 0. The van der Waals surface area contributed by atoms with Crippen LogP contribution < -0.4 is 9.64 Å². The first-order valence-corrected chi connectivity index (χ1v) is 12.6. The van der Waals surface area contributed by atoms with Gasteiger partial charge in [0.15, 0.2) is 17.3 Å².